The van der Waals surface area contributed by atoms with E-state index in [4.69, 9.17) is 132 Å². The Bertz CT molecular complexity index is 2890. The first kappa shape index (κ1) is 73.2. The molecule has 0 bridgehead atoms. The third-order valence-corrected chi connectivity index (χ3v) is 20.2. The van der Waals surface area contributed by atoms with Crippen LogP contribution in [-0.4, -0.2) is 286 Å². The SMILES string of the molecule is COC[C@@H]1O[C@H](O[C@H]2OC[C@H]3O[C@@]4(O[C@@H]3[C@@H]2OC(=O)C(C)C)O[C@H](C)[C@@](O)(C(C)=O)C2OCOC24)[C@H](OC)[C@H](O)[C@H]1O[C@@H]1O[C@H](C)[C@H](OC)[C@H](O[C@H]2C[C@@]3(C)OC4(C[C@H](O)[C@H](O[C@H]5C[C@@H](O)[C@H](OC(=O)c6c(C)c(Cl)c(O)c(Cl)c6OC)[C@@H](C)O5)[C@@H](C)O4)O[C@@H]3[C@@H](C)O2)[C@H]1O. The molecule has 0 aromatic heterocycles. The quantitative estimate of drug-likeness (QED) is 0.112. The molecule has 1 aromatic rings. The molecule has 2 spiro atoms. The van der Waals surface area contributed by atoms with Gasteiger partial charge in [-0.2, -0.15) is 0 Å². The first-order valence-electron chi connectivity index (χ1n) is 31.7. The number of aromatic hydroxyl groups is 1. The van der Waals surface area contributed by atoms with Crippen LogP contribution in [0.1, 0.15) is 97.5 Å². The van der Waals surface area contributed by atoms with Gasteiger partial charge in [-0.15, -0.1) is 0 Å². The second-order valence-corrected chi connectivity index (χ2v) is 27.0. The van der Waals surface area contributed by atoms with Gasteiger partial charge in [0.1, 0.15) is 96.2 Å². The van der Waals surface area contributed by atoms with Crippen LogP contribution in [0.3, 0.4) is 0 Å². The molecule has 10 heterocycles. The normalized spacial score (nSPS) is 47.3. The van der Waals surface area contributed by atoms with E-state index in [0.717, 1.165) is 0 Å². The number of phenolic OH excluding ortho intramolecular Hbond substituents is 1. The van der Waals surface area contributed by atoms with E-state index in [9.17, 15) is 45.0 Å². The molecule has 6 N–H and O–H groups in total. The number of ketones is 1. The summed E-state index contributed by atoms with van der Waals surface area (Å²) in [6.45, 7) is 15.0. The van der Waals surface area contributed by atoms with Crippen molar-refractivity contribution in [3.05, 3.63) is 21.2 Å². The second kappa shape index (κ2) is 28.4. The highest BCUT2D eigenvalue weighted by atomic mass is 35.5. The van der Waals surface area contributed by atoms with Crippen LogP contribution >= 0.6 is 23.2 Å². The maximum atomic E-state index is 13.6. The summed E-state index contributed by atoms with van der Waals surface area (Å²) < 4.78 is 142. The van der Waals surface area contributed by atoms with Gasteiger partial charge >= 0.3 is 17.9 Å². The Morgan fingerprint density at radius 1 is 0.653 bits per heavy atom. The molecule has 95 heavy (non-hydrogen) atoms. The number of hydrogen-bond acceptors (Lipinski definition) is 32. The number of esters is 2. The van der Waals surface area contributed by atoms with Crippen LogP contribution in [0.5, 0.6) is 11.5 Å². The van der Waals surface area contributed by atoms with E-state index < -0.39 is 218 Å². The number of rotatable bonds is 18. The van der Waals surface area contributed by atoms with E-state index in [2.05, 4.69) is 0 Å². The minimum absolute atomic E-state index is 0.00299. The van der Waals surface area contributed by atoms with Crippen molar-refractivity contribution in [2.45, 2.75) is 277 Å². The van der Waals surface area contributed by atoms with E-state index in [1.807, 2.05) is 0 Å². The minimum Gasteiger partial charge on any atom is -0.505 e. The molecule has 0 amide bonds. The van der Waals surface area contributed by atoms with Gasteiger partial charge < -0.3 is 140 Å². The van der Waals surface area contributed by atoms with Crippen LogP contribution in [0.15, 0.2) is 0 Å². The van der Waals surface area contributed by atoms with Gasteiger partial charge in [0.25, 0.3) is 5.97 Å². The van der Waals surface area contributed by atoms with Crippen LogP contribution in [0.2, 0.25) is 10.0 Å². The Morgan fingerprint density at radius 3 is 1.99 bits per heavy atom. The predicted molar refractivity (Wildman–Crippen MR) is 313 cm³/mol. The van der Waals surface area contributed by atoms with Gasteiger partial charge in [0.15, 0.2) is 66.4 Å². The summed E-state index contributed by atoms with van der Waals surface area (Å²) in [5.41, 5.74) is -3.34. The molecule has 0 radical (unpaired) electrons. The number of aliphatic hydroxyl groups excluding tert-OH is 4. The highest BCUT2D eigenvalue weighted by Crippen LogP contribution is 2.53. The Kier molecular flexibility index (Phi) is 21.9. The van der Waals surface area contributed by atoms with Crippen molar-refractivity contribution in [1.82, 2.24) is 0 Å². The lowest BCUT2D eigenvalue weighted by Crippen LogP contribution is -2.72. The highest BCUT2D eigenvalue weighted by Gasteiger charge is 2.73. The summed E-state index contributed by atoms with van der Waals surface area (Å²) >= 11 is 12.5. The van der Waals surface area contributed by atoms with Crippen molar-refractivity contribution in [2.75, 3.05) is 48.4 Å². The number of benzene rings is 1. The maximum Gasteiger partial charge on any atom is 0.342 e. The number of Topliss-reactive ketones (excluding diaryl/α,β-unsaturated/α-hetero) is 1. The maximum absolute atomic E-state index is 13.6. The van der Waals surface area contributed by atoms with E-state index in [1.54, 1.807) is 48.5 Å². The number of carbonyl (C=O) groups is 3. The highest BCUT2D eigenvalue weighted by molar-refractivity contribution is 6.39. The zero-order valence-corrected chi connectivity index (χ0v) is 56.5. The zero-order valence-electron chi connectivity index (χ0n) is 55.0. The van der Waals surface area contributed by atoms with Crippen LogP contribution in [0.25, 0.3) is 0 Å². The predicted octanol–water partition coefficient (Wildman–Crippen LogP) is 1.05. The van der Waals surface area contributed by atoms with Crippen molar-refractivity contribution < 1.29 is 154 Å². The summed E-state index contributed by atoms with van der Waals surface area (Å²) in [7, 11) is 5.35. The van der Waals surface area contributed by atoms with Crippen LogP contribution in [-0.2, 0) is 114 Å². The summed E-state index contributed by atoms with van der Waals surface area (Å²) in [5, 5.41) is 69.1. The zero-order chi connectivity index (χ0) is 68.9. The molecule has 3 unspecified atom stereocenters. The molecular formula is C61H88Cl2O32. The molecular weight excluding hydrogens is 1320 g/mol. The summed E-state index contributed by atoms with van der Waals surface area (Å²) in [5.74, 6) is -7.41. The molecule has 0 aliphatic carbocycles. The monoisotopic (exact) mass is 1400 g/mol. The fourth-order valence-corrected chi connectivity index (χ4v) is 15.1. The Labute approximate surface area is 557 Å². The largest absolute Gasteiger partial charge is 0.505 e. The molecule has 538 valence electrons. The third-order valence-electron chi connectivity index (χ3n) is 19.4. The Hall–Kier alpha value is -2.99. The van der Waals surface area contributed by atoms with E-state index in [-0.39, 0.29) is 66.2 Å². The molecule has 10 fully saturated rings. The number of phenols is 1. The van der Waals surface area contributed by atoms with Gasteiger partial charge in [-0.25, -0.2) is 4.79 Å². The van der Waals surface area contributed by atoms with Gasteiger partial charge in [-0.1, -0.05) is 37.0 Å². The summed E-state index contributed by atoms with van der Waals surface area (Å²) in [6.07, 6.45) is -32.8. The molecule has 34 heteroatoms. The average Bonchev–Trinajstić information content (AvgIpc) is 1.59. The second-order valence-electron chi connectivity index (χ2n) is 26.2. The van der Waals surface area contributed by atoms with Gasteiger partial charge in [0, 0.05) is 34.2 Å². The van der Waals surface area contributed by atoms with Crippen LogP contribution in [0.4, 0.5) is 0 Å². The van der Waals surface area contributed by atoms with Crippen molar-refractivity contribution >= 4 is 40.9 Å². The van der Waals surface area contributed by atoms with E-state index in [1.165, 1.54) is 49.2 Å². The Balaban J connectivity index is 0.722. The number of carbonyl (C=O) groups excluding carboxylic acids is 3. The lowest BCUT2D eigenvalue weighted by molar-refractivity contribution is -0.428. The van der Waals surface area contributed by atoms with Crippen LogP contribution in [0, 0.1) is 12.8 Å². The molecule has 11 rings (SSSR count). The first-order valence-corrected chi connectivity index (χ1v) is 32.5. The summed E-state index contributed by atoms with van der Waals surface area (Å²) in [6, 6.07) is 0. The van der Waals surface area contributed by atoms with E-state index in [0.29, 0.717) is 0 Å². The fraction of sp³-hybridized carbons (Fsp3) is 0.852. The standard InChI is InChI=1S/C61H88Cl2O32/c1-21(2)53(70)87-49-45-32(92-61(93-45)52-51(78-20-79-52)60(72,27(8)64)28(9)91-61)19-77-56(49)89-57-48(76-14)39(68)44(31(83-57)18-73-11)88-55-40(69)47(43(74-12)24(5)82-55)85-34-17-58(10)50(26(7)81-34)94-59(95-58)16-30(66)42(25(6)90-59)84-33-15-29(65)41(23(4)80-33)86-54(71)35-22(3)36(62)38(67)37(63)46(35)75-13/h21,23-26,28-34,39-45,47-52,55-57,65-69,72H,15-20H2,1-14H3/t23-,24-,25-,26-,28-,29-,30+,31+,32-,33+,34+,39-,40-,41-,42-,43+,44+,45+,47-,48-,49+,50-,51?,52?,55+,56-,57-,58-,59?,60+,61+/m1/s1. The summed E-state index contributed by atoms with van der Waals surface area (Å²) in [4.78, 5) is 39.8. The van der Waals surface area contributed by atoms with Crippen molar-refractivity contribution in [3.8, 4) is 11.5 Å². The van der Waals surface area contributed by atoms with Crippen molar-refractivity contribution in [2.24, 2.45) is 5.92 Å². The number of fused-ring (bicyclic) bond motifs is 4. The number of halogens is 2. The van der Waals surface area contributed by atoms with Gasteiger partial charge in [-0.05, 0) is 61.0 Å². The first-order chi connectivity index (χ1) is 44.9. The smallest absolute Gasteiger partial charge is 0.342 e. The molecule has 0 saturated carbocycles. The number of ether oxygens (including phenoxy) is 23. The Morgan fingerprint density at radius 2 is 1.34 bits per heavy atom. The van der Waals surface area contributed by atoms with Gasteiger partial charge in [0.2, 0.25) is 6.29 Å². The average molecular weight is 1400 g/mol. The van der Waals surface area contributed by atoms with E-state index >= 15 is 0 Å². The molecule has 10 aliphatic rings. The lowest BCUT2D eigenvalue weighted by atomic mass is 9.81. The topological polar surface area (TPSA) is 385 Å². The number of methoxy groups -OCH3 is 4. The fourth-order valence-electron chi connectivity index (χ4n) is 14.6. The molecule has 31 atom stereocenters. The number of hydrogen-bond donors (Lipinski definition) is 6. The molecule has 10 saturated heterocycles. The minimum atomic E-state index is -2.13. The van der Waals surface area contributed by atoms with Gasteiger partial charge in [0.05, 0.1) is 80.4 Å². The molecule has 10 aliphatic heterocycles. The van der Waals surface area contributed by atoms with Crippen molar-refractivity contribution in [1.29, 1.82) is 0 Å². The third kappa shape index (κ3) is 13.4. The molecule has 32 nitrogen and oxygen atoms in total. The lowest BCUT2D eigenvalue weighted by Gasteiger charge is -2.49. The number of aliphatic hydroxyl groups is 5. The van der Waals surface area contributed by atoms with Crippen LogP contribution < -0.4 is 4.74 Å². The molecule has 1 aromatic carbocycles. The van der Waals surface area contributed by atoms with Gasteiger partial charge in [-0.3, -0.25) is 9.59 Å². The van der Waals surface area contributed by atoms with Crippen molar-refractivity contribution in [3.63, 3.8) is 0 Å².